The molecule has 0 unspecified atom stereocenters. The summed E-state index contributed by atoms with van der Waals surface area (Å²) in [4.78, 5) is 33.7. The van der Waals surface area contributed by atoms with E-state index in [2.05, 4.69) is 20.6 Å². The maximum atomic E-state index is 12.2. The second-order valence-corrected chi connectivity index (χ2v) is 6.96. The molecule has 1 amide bonds. The molecule has 0 radical (unpaired) electrons. The zero-order valence-electron chi connectivity index (χ0n) is 15.5. The fraction of sp³-hybridized carbons (Fsp3) is 0.263. The number of hydrogen-bond acceptors (Lipinski definition) is 7. The molecule has 2 N–H and O–H groups in total. The third-order valence-electron chi connectivity index (χ3n) is 3.81. The Balaban J connectivity index is 2.04. The lowest BCUT2D eigenvalue weighted by atomic mass is 10.2. The number of benzene rings is 1. The van der Waals surface area contributed by atoms with E-state index in [1.165, 1.54) is 18.3 Å². The molecule has 0 spiro atoms. The van der Waals surface area contributed by atoms with Crippen LogP contribution in [-0.2, 0) is 9.53 Å². The molecule has 140 valence electrons. The Bertz CT molecular complexity index is 1030. The van der Waals surface area contributed by atoms with Gasteiger partial charge in [0.2, 0.25) is 5.91 Å². The first-order chi connectivity index (χ1) is 12.9. The van der Waals surface area contributed by atoms with Crippen molar-refractivity contribution in [1.29, 1.82) is 0 Å². The average molecular weight is 384 g/mol. The number of aryl methyl sites for hydroxylation is 2. The third-order valence-corrected chi connectivity index (χ3v) is 4.97. The second-order valence-electron chi connectivity index (χ2n) is 5.96. The Kier molecular flexibility index (Phi) is 5.36. The average Bonchev–Trinajstić information content (AvgIpc) is 2.91. The van der Waals surface area contributed by atoms with Gasteiger partial charge in [0, 0.05) is 18.3 Å². The van der Waals surface area contributed by atoms with Crippen molar-refractivity contribution < 1.29 is 14.3 Å². The van der Waals surface area contributed by atoms with Gasteiger partial charge in [0.15, 0.2) is 0 Å². The van der Waals surface area contributed by atoms with Crippen molar-refractivity contribution in [3.8, 4) is 0 Å². The van der Waals surface area contributed by atoms with Crippen LogP contribution in [0.15, 0.2) is 24.3 Å². The van der Waals surface area contributed by atoms with Gasteiger partial charge in [-0.1, -0.05) is 6.07 Å². The first-order valence-corrected chi connectivity index (χ1v) is 9.30. The van der Waals surface area contributed by atoms with Crippen LogP contribution < -0.4 is 10.6 Å². The molecule has 7 nitrogen and oxygen atoms in total. The molecule has 0 saturated heterocycles. The monoisotopic (exact) mass is 384 g/mol. The summed E-state index contributed by atoms with van der Waals surface area (Å²) in [6.45, 7) is 7.22. The first-order valence-electron chi connectivity index (χ1n) is 8.48. The van der Waals surface area contributed by atoms with E-state index in [-0.39, 0.29) is 11.9 Å². The van der Waals surface area contributed by atoms with Crippen LogP contribution >= 0.6 is 11.3 Å². The highest BCUT2D eigenvalue weighted by atomic mass is 32.1. The van der Waals surface area contributed by atoms with E-state index in [1.807, 2.05) is 31.2 Å². The highest BCUT2D eigenvalue weighted by Crippen LogP contribution is 2.35. The number of thiophene rings is 1. The van der Waals surface area contributed by atoms with Crippen LogP contribution in [0.5, 0.6) is 0 Å². The van der Waals surface area contributed by atoms with Crippen molar-refractivity contribution in [3.05, 3.63) is 40.5 Å². The molecule has 2 aromatic heterocycles. The summed E-state index contributed by atoms with van der Waals surface area (Å²) in [6, 6.07) is 7.34. The smallest absolute Gasteiger partial charge is 0.348 e. The van der Waals surface area contributed by atoms with Crippen LogP contribution in [0.2, 0.25) is 0 Å². The van der Waals surface area contributed by atoms with Crippen molar-refractivity contribution >= 4 is 50.6 Å². The maximum absolute atomic E-state index is 12.2. The summed E-state index contributed by atoms with van der Waals surface area (Å²) in [5, 5.41) is 6.82. The van der Waals surface area contributed by atoms with Gasteiger partial charge < -0.3 is 15.4 Å². The molecular formula is C19H20N4O3S. The second kappa shape index (κ2) is 7.71. The van der Waals surface area contributed by atoms with Gasteiger partial charge in [0.1, 0.15) is 21.3 Å². The van der Waals surface area contributed by atoms with Gasteiger partial charge in [0.05, 0.1) is 12.0 Å². The van der Waals surface area contributed by atoms with Crippen molar-refractivity contribution in [2.45, 2.75) is 27.7 Å². The summed E-state index contributed by atoms with van der Waals surface area (Å²) < 4.78 is 5.14. The van der Waals surface area contributed by atoms with E-state index in [4.69, 9.17) is 4.74 Å². The molecule has 0 atom stereocenters. The van der Waals surface area contributed by atoms with E-state index < -0.39 is 0 Å². The predicted octanol–water partition coefficient (Wildman–Crippen LogP) is 4.19. The third kappa shape index (κ3) is 4.06. The molecule has 2 heterocycles. The fourth-order valence-corrected chi connectivity index (χ4v) is 3.86. The molecule has 0 saturated carbocycles. The Morgan fingerprint density at radius 2 is 1.93 bits per heavy atom. The van der Waals surface area contributed by atoms with Gasteiger partial charge in [-0.3, -0.25) is 4.79 Å². The number of fused-ring (bicyclic) bond motifs is 1. The Morgan fingerprint density at radius 3 is 2.63 bits per heavy atom. The predicted molar refractivity (Wildman–Crippen MR) is 107 cm³/mol. The summed E-state index contributed by atoms with van der Waals surface area (Å²) in [6.07, 6.45) is 0. The lowest BCUT2D eigenvalue weighted by Gasteiger charge is -2.10. The number of rotatable bonds is 5. The number of aromatic nitrogens is 2. The van der Waals surface area contributed by atoms with Gasteiger partial charge in [-0.25, -0.2) is 14.8 Å². The summed E-state index contributed by atoms with van der Waals surface area (Å²) >= 11 is 1.30. The summed E-state index contributed by atoms with van der Waals surface area (Å²) in [7, 11) is 0. The van der Waals surface area contributed by atoms with E-state index in [9.17, 15) is 9.59 Å². The fourth-order valence-electron chi connectivity index (χ4n) is 2.74. The van der Waals surface area contributed by atoms with Gasteiger partial charge in [-0.15, -0.1) is 11.3 Å². The van der Waals surface area contributed by atoms with Gasteiger partial charge >= 0.3 is 5.97 Å². The van der Waals surface area contributed by atoms with Crippen LogP contribution in [-0.4, -0.2) is 28.5 Å². The number of amides is 1. The molecule has 0 bridgehead atoms. The maximum Gasteiger partial charge on any atom is 0.348 e. The van der Waals surface area contributed by atoms with Crippen LogP contribution in [0.25, 0.3) is 10.2 Å². The van der Waals surface area contributed by atoms with Crippen LogP contribution in [0.3, 0.4) is 0 Å². The number of nitrogens with one attached hydrogen (secondary N) is 2. The van der Waals surface area contributed by atoms with Gasteiger partial charge in [-0.05, 0) is 44.5 Å². The highest BCUT2D eigenvalue weighted by molar-refractivity contribution is 7.20. The van der Waals surface area contributed by atoms with Gasteiger partial charge in [0.25, 0.3) is 0 Å². The van der Waals surface area contributed by atoms with E-state index >= 15 is 0 Å². The number of carbonyl (C=O) groups is 2. The van der Waals surface area contributed by atoms with E-state index in [0.29, 0.717) is 28.8 Å². The SMILES string of the molecule is CCOC(=O)c1sc2nc(C)nc(Nc3cccc(NC(C)=O)c3)c2c1C. The minimum atomic E-state index is -0.353. The molecule has 0 aliphatic heterocycles. The zero-order chi connectivity index (χ0) is 19.6. The Morgan fingerprint density at radius 1 is 1.19 bits per heavy atom. The number of nitrogens with zero attached hydrogens (tertiary/aromatic N) is 2. The van der Waals surface area contributed by atoms with Crippen molar-refractivity contribution in [2.75, 3.05) is 17.2 Å². The lowest BCUT2D eigenvalue weighted by molar-refractivity contribution is -0.114. The number of carbonyl (C=O) groups excluding carboxylic acids is 2. The van der Waals surface area contributed by atoms with Crippen molar-refractivity contribution in [3.63, 3.8) is 0 Å². The van der Waals surface area contributed by atoms with Crippen LogP contribution in [0.1, 0.15) is 34.9 Å². The quantitative estimate of drug-likeness (QED) is 0.641. The molecule has 8 heteroatoms. The van der Waals surface area contributed by atoms with Crippen LogP contribution in [0.4, 0.5) is 17.2 Å². The summed E-state index contributed by atoms with van der Waals surface area (Å²) in [5.74, 6) is 0.718. The number of ether oxygens (including phenoxy) is 1. The molecule has 3 aromatic rings. The van der Waals surface area contributed by atoms with Crippen molar-refractivity contribution in [2.24, 2.45) is 0 Å². The minimum Gasteiger partial charge on any atom is -0.462 e. The molecular weight excluding hydrogens is 364 g/mol. The first kappa shape index (κ1) is 18.8. The molecule has 1 aromatic carbocycles. The normalized spacial score (nSPS) is 10.7. The number of hydrogen-bond donors (Lipinski definition) is 2. The lowest BCUT2D eigenvalue weighted by Crippen LogP contribution is -2.06. The number of anilines is 3. The Hall–Kier alpha value is -3.00. The zero-order valence-corrected chi connectivity index (χ0v) is 16.4. The molecule has 0 fully saturated rings. The highest BCUT2D eigenvalue weighted by Gasteiger charge is 2.21. The number of esters is 1. The van der Waals surface area contributed by atoms with E-state index in [0.717, 1.165) is 21.5 Å². The largest absolute Gasteiger partial charge is 0.462 e. The standard InChI is InChI=1S/C19H20N4O3S/c1-5-26-19(25)16-10(2)15-17(20-11(3)21-18(15)27-16)23-14-8-6-7-13(9-14)22-12(4)24/h6-9H,5H2,1-4H3,(H,22,24)(H,20,21,23). The minimum absolute atomic E-state index is 0.139. The molecule has 0 aliphatic rings. The van der Waals surface area contributed by atoms with Crippen molar-refractivity contribution in [1.82, 2.24) is 9.97 Å². The molecule has 27 heavy (non-hydrogen) atoms. The van der Waals surface area contributed by atoms with Gasteiger partial charge in [-0.2, -0.15) is 0 Å². The Labute approximate surface area is 160 Å². The topological polar surface area (TPSA) is 93.2 Å². The summed E-state index contributed by atoms with van der Waals surface area (Å²) in [5.41, 5.74) is 2.24. The van der Waals surface area contributed by atoms with E-state index in [1.54, 1.807) is 13.8 Å². The molecule has 3 rings (SSSR count). The van der Waals surface area contributed by atoms with Crippen LogP contribution in [0, 0.1) is 13.8 Å². The molecule has 0 aliphatic carbocycles.